The maximum Gasteiger partial charge on any atom is 0.326 e. The average Bonchev–Trinajstić information content (AvgIpc) is 2.89. The van der Waals surface area contributed by atoms with Crippen molar-refractivity contribution >= 4 is 27.5 Å². The Morgan fingerprint density at radius 1 is 1.11 bits per heavy atom. The van der Waals surface area contributed by atoms with Crippen molar-refractivity contribution in [2.24, 2.45) is 0 Å². The summed E-state index contributed by atoms with van der Waals surface area (Å²) in [6.45, 7) is 1.11. The molecule has 8 heteroatoms. The lowest BCUT2D eigenvalue weighted by Crippen LogP contribution is -2.49. The van der Waals surface area contributed by atoms with Crippen LogP contribution in [0.1, 0.15) is 18.4 Å². The number of carbonyl (C=O) groups excluding carboxylic acids is 1. The van der Waals surface area contributed by atoms with Gasteiger partial charge in [-0.25, -0.2) is 4.31 Å². The van der Waals surface area contributed by atoms with Gasteiger partial charge in [0.05, 0.1) is 23.8 Å². The number of piperidine rings is 1. The van der Waals surface area contributed by atoms with Crippen LogP contribution in [0.2, 0.25) is 0 Å². The molecular formula is C19H22N4O3S. The van der Waals surface area contributed by atoms with Gasteiger partial charge < -0.3 is 4.90 Å². The lowest BCUT2D eigenvalue weighted by atomic mass is 10.0. The molecule has 0 N–H and O–H groups in total. The van der Waals surface area contributed by atoms with Crippen molar-refractivity contribution in [1.29, 1.82) is 0 Å². The van der Waals surface area contributed by atoms with E-state index in [-0.39, 0.29) is 11.9 Å². The second-order valence-electron chi connectivity index (χ2n) is 6.91. The van der Waals surface area contributed by atoms with Crippen molar-refractivity contribution in [3.05, 3.63) is 54.4 Å². The van der Waals surface area contributed by atoms with Gasteiger partial charge in [-0.05, 0) is 36.6 Å². The normalized spacial score (nSPS) is 19.2. The molecule has 1 aromatic carbocycles. The van der Waals surface area contributed by atoms with Gasteiger partial charge in [-0.3, -0.25) is 14.1 Å². The van der Waals surface area contributed by atoms with Crippen molar-refractivity contribution in [1.82, 2.24) is 9.88 Å². The predicted molar refractivity (Wildman–Crippen MR) is 104 cm³/mol. The van der Waals surface area contributed by atoms with Crippen molar-refractivity contribution in [2.75, 3.05) is 28.7 Å². The third-order valence-corrected chi connectivity index (χ3v) is 7.16. The van der Waals surface area contributed by atoms with Gasteiger partial charge in [0.2, 0.25) is 5.91 Å². The standard InChI is InChI=1S/C19H22N4O3S/c1-21-17-6-2-3-7-18(17)23(27(21,25)26)16-8-11-22(12-9-16)19(24)13-15-5-4-10-20-14-15/h2-7,10,14,16H,8-9,11-13H2,1H3. The van der Waals surface area contributed by atoms with Crippen molar-refractivity contribution < 1.29 is 13.2 Å². The molecule has 0 unspecified atom stereocenters. The molecule has 0 spiro atoms. The number of carbonyl (C=O) groups is 1. The van der Waals surface area contributed by atoms with Gasteiger partial charge in [0.1, 0.15) is 0 Å². The van der Waals surface area contributed by atoms with E-state index in [0.29, 0.717) is 38.0 Å². The summed E-state index contributed by atoms with van der Waals surface area (Å²) < 4.78 is 28.6. The summed E-state index contributed by atoms with van der Waals surface area (Å²) >= 11 is 0. The van der Waals surface area contributed by atoms with Crippen molar-refractivity contribution in [3.8, 4) is 0 Å². The molecule has 0 atom stereocenters. The lowest BCUT2D eigenvalue weighted by molar-refractivity contribution is -0.131. The first-order chi connectivity index (χ1) is 13.0. The molecule has 0 radical (unpaired) electrons. The molecular weight excluding hydrogens is 364 g/mol. The third-order valence-electron chi connectivity index (χ3n) is 5.28. The summed E-state index contributed by atoms with van der Waals surface area (Å²) in [6.07, 6.45) is 4.96. The molecule has 7 nitrogen and oxygen atoms in total. The molecule has 3 heterocycles. The molecule has 0 bridgehead atoms. The third kappa shape index (κ3) is 3.14. The summed E-state index contributed by atoms with van der Waals surface area (Å²) in [6, 6.07) is 10.9. The van der Waals surface area contributed by atoms with Crippen LogP contribution in [0.3, 0.4) is 0 Å². The number of pyridine rings is 1. The summed E-state index contributed by atoms with van der Waals surface area (Å²) in [4.78, 5) is 18.4. The SMILES string of the molecule is CN1c2ccccc2N(C2CCN(C(=O)Cc3cccnc3)CC2)S1(=O)=O. The fourth-order valence-corrected chi connectivity index (χ4v) is 5.48. The first-order valence-electron chi connectivity index (χ1n) is 9.02. The van der Waals surface area contributed by atoms with Gasteiger partial charge in [-0.15, -0.1) is 0 Å². The minimum atomic E-state index is -3.56. The quantitative estimate of drug-likeness (QED) is 0.807. The molecule has 0 aliphatic carbocycles. The van der Waals surface area contributed by atoms with Crippen LogP contribution in [-0.4, -0.2) is 50.4 Å². The highest BCUT2D eigenvalue weighted by Gasteiger charge is 2.43. The van der Waals surface area contributed by atoms with Crippen molar-refractivity contribution in [2.45, 2.75) is 25.3 Å². The summed E-state index contributed by atoms with van der Waals surface area (Å²) in [7, 11) is -1.97. The van der Waals surface area contributed by atoms with Crippen molar-refractivity contribution in [3.63, 3.8) is 0 Å². The molecule has 1 aromatic heterocycles. The number of rotatable bonds is 3. The second-order valence-corrected chi connectivity index (χ2v) is 8.75. The summed E-state index contributed by atoms with van der Waals surface area (Å²) in [5.41, 5.74) is 2.31. The van der Waals surface area contributed by atoms with E-state index in [1.54, 1.807) is 19.4 Å². The number of aromatic nitrogens is 1. The zero-order valence-electron chi connectivity index (χ0n) is 15.2. The largest absolute Gasteiger partial charge is 0.342 e. The number of anilines is 2. The Hall–Kier alpha value is -2.61. The van der Waals surface area contributed by atoms with Crippen LogP contribution in [-0.2, 0) is 21.4 Å². The first-order valence-corrected chi connectivity index (χ1v) is 10.4. The fraction of sp³-hybridized carbons (Fsp3) is 0.368. The highest BCUT2D eigenvalue weighted by molar-refractivity contribution is 7.94. The van der Waals surface area contributed by atoms with E-state index in [4.69, 9.17) is 0 Å². The van der Waals surface area contributed by atoms with E-state index in [2.05, 4.69) is 4.98 Å². The Labute approximate surface area is 159 Å². The molecule has 4 rings (SSSR count). The number of fused-ring (bicyclic) bond motifs is 1. The van der Waals surface area contributed by atoms with Gasteiger partial charge in [0, 0.05) is 32.5 Å². The molecule has 2 aliphatic heterocycles. The van der Waals surface area contributed by atoms with Crippen LogP contribution in [0, 0.1) is 0 Å². The summed E-state index contributed by atoms with van der Waals surface area (Å²) in [5.74, 6) is 0.0586. The minimum Gasteiger partial charge on any atom is -0.342 e. The number of amides is 1. The van der Waals surface area contributed by atoms with Gasteiger partial charge in [0.15, 0.2) is 0 Å². The van der Waals surface area contributed by atoms with E-state index in [1.165, 1.54) is 8.61 Å². The zero-order chi connectivity index (χ0) is 19.0. The Morgan fingerprint density at radius 2 is 1.81 bits per heavy atom. The molecule has 1 amide bonds. The number of hydrogen-bond donors (Lipinski definition) is 0. The van der Waals surface area contributed by atoms with Crippen LogP contribution in [0.5, 0.6) is 0 Å². The van der Waals surface area contributed by atoms with Crippen LogP contribution in [0.4, 0.5) is 11.4 Å². The number of likely N-dealkylation sites (tertiary alicyclic amines) is 1. The Kier molecular flexibility index (Phi) is 4.51. The molecule has 0 saturated carbocycles. The zero-order valence-corrected chi connectivity index (χ0v) is 16.0. The molecule has 2 aromatic rings. The van der Waals surface area contributed by atoms with E-state index in [9.17, 15) is 13.2 Å². The van der Waals surface area contributed by atoms with Gasteiger partial charge in [-0.1, -0.05) is 18.2 Å². The predicted octanol–water partition coefficient (Wildman–Crippen LogP) is 1.82. The van der Waals surface area contributed by atoms with Gasteiger partial charge in [-0.2, -0.15) is 8.42 Å². The van der Waals surface area contributed by atoms with Crippen LogP contribution >= 0.6 is 0 Å². The van der Waals surface area contributed by atoms with Crippen LogP contribution < -0.4 is 8.61 Å². The molecule has 2 aliphatic rings. The summed E-state index contributed by atoms with van der Waals surface area (Å²) in [5, 5.41) is 0. The monoisotopic (exact) mass is 386 g/mol. The van der Waals surface area contributed by atoms with E-state index in [0.717, 1.165) is 11.3 Å². The van der Waals surface area contributed by atoms with Gasteiger partial charge >= 0.3 is 10.2 Å². The van der Waals surface area contributed by atoms with E-state index < -0.39 is 10.2 Å². The Balaban J connectivity index is 1.46. The first kappa shape index (κ1) is 17.8. The Bertz CT molecular complexity index is 940. The van der Waals surface area contributed by atoms with E-state index in [1.807, 2.05) is 41.3 Å². The topological polar surface area (TPSA) is 73.8 Å². The van der Waals surface area contributed by atoms with E-state index >= 15 is 0 Å². The van der Waals surface area contributed by atoms with Crippen LogP contribution in [0.15, 0.2) is 48.8 Å². The maximum absolute atomic E-state index is 12.9. The highest BCUT2D eigenvalue weighted by Crippen LogP contribution is 2.42. The molecule has 142 valence electrons. The number of hydrogen-bond acceptors (Lipinski definition) is 4. The molecule has 1 fully saturated rings. The molecule has 27 heavy (non-hydrogen) atoms. The van der Waals surface area contributed by atoms with Gasteiger partial charge in [0.25, 0.3) is 0 Å². The molecule has 1 saturated heterocycles. The van der Waals surface area contributed by atoms with Crippen LogP contribution in [0.25, 0.3) is 0 Å². The maximum atomic E-state index is 12.9. The number of benzene rings is 1. The fourth-order valence-electron chi connectivity index (χ4n) is 3.82. The average molecular weight is 386 g/mol. The smallest absolute Gasteiger partial charge is 0.326 e. The number of para-hydroxylation sites is 2. The second kappa shape index (κ2) is 6.84. The Morgan fingerprint density at radius 3 is 2.48 bits per heavy atom. The highest BCUT2D eigenvalue weighted by atomic mass is 32.2. The minimum absolute atomic E-state index is 0.0586. The number of nitrogens with zero attached hydrogens (tertiary/aromatic N) is 4. The lowest BCUT2D eigenvalue weighted by Gasteiger charge is -2.36.